The molecule has 3 rings (SSSR count). The molecule has 0 unspecified atom stereocenters. The SMILES string of the molecule is CCC1CCN(c2ccc3c(c2)NC(=O)C3=O)CC1. The number of fused-ring (bicyclic) bond motifs is 1. The number of nitrogens with zero attached hydrogens (tertiary/aromatic N) is 1. The third kappa shape index (κ3) is 2.11. The molecule has 0 saturated carbocycles. The number of amides is 1. The second-order valence-electron chi connectivity index (χ2n) is 5.35. The van der Waals surface area contributed by atoms with E-state index in [0.29, 0.717) is 11.3 Å². The van der Waals surface area contributed by atoms with Gasteiger partial charge in [0.05, 0.1) is 11.3 Å². The number of nitrogens with one attached hydrogen (secondary N) is 1. The van der Waals surface area contributed by atoms with Gasteiger partial charge in [-0.25, -0.2) is 0 Å². The van der Waals surface area contributed by atoms with Gasteiger partial charge in [-0.15, -0.1) is 0 Å². The van der Waals surface area contributed by atoms with Crippen molar-refractivity contribution >= 4 is 23.1 Å². The molecule has 0 atom stereocenters. The summed E-state index contributed by atoms with van der Waals surface area (Å²) in [6.07, 6.45) is 3.69. The second-order valence-corrected chi connectivity index (χ2v) is 5.35. The van der Waals surface area contributed by atoms with Gasteiger partial charge in [0.1, 0.15) is 0 Å². The number of rotatable bonds is 2. The largest absolute Gasteiger partial charge is 0.371 e. The lowest BCUT2D eigenvalue weighted by Crippen LogP contribution is -2.33. The standard InChI is InChI=1S/C15H18N2O2/c1-2-10-5-7-17(8-6-10)11-3-4-12-13(9-11)16-15(19)14(12)18/h3-4,9-10H,2,5-8H2,1H3,(H,16,18,19). The van der Waals surface area contributed by atoms with Crippen molar-refractivity contribution in [3.63, 3.8) is 0 Å². The van der Waals surface area contributed by atoms with Crippen LogP contribution < -0.4 is 10.2 Å². The fourth-order valence-corrected chi connectivity index (χ4v) is 2.93. The summed E-state index contributed by atoms with van der Waals surface area (Å²) in [5.74, 6) is -0.102. The first-order valence-electron chi connectivity index (χ1n) is 6.93. The predicted molar refractivity (Wildman–Crippen MR) is 74.6 cm³/mol. The number of anilines is 2. The monoisotopic (exact) mass is 258 g/mol. The number of carbonyl (C=O) groups is 2. The van der Waals surface area contributed by atoms with Gasteiger partial charge in [-0.3, -0.25) is 9.59 Å². The predicted octanol–water partition coefficient (Wildman–Crippen LogP) is 2.45. The first-order chi connectivity index (χ1) is 9.19. The molecule has 1 aromatic rings. The molecule has 2 aliphatic rings. The van der Waals surface area contributed by atoms with Crippen molar-refractivity contribution in [2.24, 2.45) is 5.92 Å². The topological polar surface area (TPSA) is 49.4 Å². The lowest BCUT2D eigenvalue weighted by molar-refractivity contribution is -0.112. The average molecular weight is 258 g/mol. The highest BCUT2D eigenvalue weighted by Crippen LogP contribution is 2.31. The number of Topliss-reactive ketones (excluding diaryl/α,β-unsaturated/α-hetero) is 1. The summed E-state index contributed by atoms with van der Waals surface area (Å²) in [5.41, 5.74) is 2.26. The minimum absolute atomic E-state index is 0.425. The zero-order chi connectivity index (χ0) is 13.4. The molecule has 1 saturated heterocycles. The molecule has 100 valence electrons. The minimum Gasteiger partial charge on any atom is -0.371 e. The van der Waals surface area contributed by atoms with Gasteiger partial charge in [0, 0.05) is 18.8 Å². The highest BCUT2D eigenvalue weighted by Gasteiger charge is 2.28. The van der Waals surface area contributed by atoms with E-state index in [9.17, 15) is 9.59 Å². The van der Waals surface area contributed by atoms with E-state index in [-0.39, 0.29) is 0 Å². The van der Waals surface area contributed by atoms with Crippen LogP contribution in [-0.2, 0) is 4.79 Å². The van der Waals surface area contributed by atoms with Gasteiger partial charge in [-0.05, 0) is 37.0 Å². The maximum absolute atomic E-state index is 11.5. The van der Waals surface area contributed by atoms with Gasteiger partial charge in [-0.2, -0.15) is 0 Å². The van der Waals surface area contributed by atoms with E-state index >= 15 is 0 Å². The van der Waals surface area contributed by atoms with Crippen LogP contribution in [0.25, 0.3) is 0 Å². The van der Waals surface area contributed by atoms with Crippen LogP contribution >= 0.6 is 0 Å². The molecule has 2 aliphatic heterocycles. The van der Waals surface area contributed by atoms with Crippen molar-refractivity contribution in [3.8, 4) is 0 Å². The zero-order valence-electron chi connectivity index (χ0n) is 11.1. The average Bonchev–Trinajstić information content (AvgIpc) is 2.74. The number of carbonyl (C=O) groups excluding carboxylic acids is 2. The molecule has 2 heterocycles. The van der Waals surface area contributed by atoms with Crippen molar-refractivity contribution in [2.45, 2.75) is 26.2 Å². The van der Waals surface area contributed by atoms with Crippen LogP contribution in [0.4, 0.5) is 11.4 Å². The molecule has 1 N–H and O–H groups in total. The Balaban J connectivity index is 1.79. The molecule has 4 nitrogen and oxygen atoms in total. The number of ketones is 1. The van der Waals surface area contributed by atoms with Crippen molar-refractivity contribution in [2.75, 3.05) is 23.3 Å². The summed E-state index contributed by atoms with van der Waals surface area (Å²) in [4.78, 5) is 25.2. The van der Waals surface area contributed by atoms with Crippen LogP contribution in [-0.4, -0.2) is 24.8 Å². The van der Waals surface area contributed by atoms with Crippen LogP contribution in [0.3, 0.4) is 0 Å². The lowest BCUT2D eigenvalue weighted by atomic mass is 9.94. The fraction of sp³-hybridized carbons (Fsp3) is 0.467. The molecule has 0 bridgehead atoms. The highest BCUT2D eigenvalue weighted by atomic mass is 16.2. The third-order valence-corrected chi connectivity index (χ3v) is 4.26. The number of benzene rings is 1. The Morgan fingerprint density at radius 1 is 1.26 bits per heavy atom. The van der Waals surface area contributed by atoms with E-state index in [1.807, 2.05) is 12.1 Å². The molecule has 1 fully saturated rings. The smallest absolute Gasteiger partial charge is 0.296 e. The number of piperidine rings is 1. The number of hydrogen-bond acceptors (Lipinski definition) is 3. The molecular weight excluding hydrogens is 240 g/mol. The summed E-state index contributed by atoms with van der Waals surface area (Å²) in [6.45, 7) is 4.36. The molecule has 1 amide bonds. The van der Waals surface area contributed by atoms with Gasteiger partial charge in [-0.1, -0.05) is 13.3 Å². The van der Waals surface area contributed by atoms with Crippen molar-refractivity contribution in [1.82, 2.24) is 0 Å². The van der Waals surface area contributed by atoms with Gasteiger partial charge in [0.25, 0.3) is 11.7 Å². The van der Waals surface area contributed by atoms with Crippen LogP contribution in [0, 0.1) is 5.92 Å². The Morgan fingerprint density at radius 2 is 2.00 bits per heavy atom. The van der Waals surface area contributed by atoms with Gasteiger partial charge in [0.2, 0.25) is 0 Å². The lowest BCUT2D eigenvalue weighted by Gasteiger charge is -2.33. The Morgan fingerprint density at radius 3 is 2.68 bits per heavy atom. The Kier molecular flexibility index (Phi) is 3.01. The Labute approximate surface area is 112 Å². The Hall–Kier alpha value is -1.84. The molecule has 19 heavy (non-hydrogen) atoms. The van der Waals surface area contributed by atoms with Gasteiger partial charge < -0.3 is 10.2 Å². The normalized spacial score (nSPS) is 19.5. The van der Waals surface area contributed by atoms with Crippen molar-refractivity contribution in [1.29, 1.82) is 0 Å². The quantitative estimate of drug-likeness (QED) is 0.829. The summed E-state index contributed by atoms with van der Waals surface area (Å²) in [5, 5.41) is 2.63. The van der Waals surface area contributed by atoms with Gasteiger partial charge in [0.15, 0.2) is 0 Å². The molecule has 0 radical (unpaired) electrons. The molecule has 4 heteroatoms. The maximum Gasteiger partial charge on any atom is 0.296 e. The van der Waals surface area contributed by atoms with Crippen molar-refractivity contribution < 1.29 is 9.59 Å². The molecular formula is C15H18N2O2. The van der Waals surface area contributed by atoms with Crippen LogP contribution in [0.2, 0.25) is 0 Å². The van der Waals surface area contributed by atoms with E-state index < -0.39 is 11.7 Å². The summed E-state index contributed by atoms with van der Waals surface area (Å²) in [6, 6.07) is 5.63. The first kappa shape index (κ1) is 12.2. The molecule has 0 aliphatic carbocycles. The van der Waals surface area contributed by atoms with E-state index in [1.54, 1.807) is 6.07 Å². The van der Waals surface area contributed by atoms with E-state index in [4.69, 9.17) is 0 Å². The summed E-state index contributed by atoms with van der Waals surface area (Å²) in [7, 11) is 0. The first-order valence-corrected chi connectivity index (χ1v) is 6.93. The summed E-state index contributed by atoms with van der Waals surface area (Å²) >= 11 is 0. The Bertz CT molecular complexity index is 531. The second kappa shape index (κ2) is 4.68. The highest BCUT2D eigenvalue weighted by molar-refractivity contribution is 6.51. The summed E-state index contributed by atoms with van der Waals surface area (Å²) < 4.78 is 0. The number of hydrogen-bond donors (Lipinski definition) is 1. The molecule has 1 aromatic carbocycles. The van der Waals surface area contributed by atoms with E-state index in [0.717, 1.165) is 24.7 Å². The fourth-order valence-electron chi connectivity index (χ4n) is 2.93. The third-order valence-electron chi connectivity index (χ3n) is 4.26. The van der Waals surface area contributed by atoms with Crippen LogP contribution in [0.15, 0.2) is 18.2 Å². The van der Waals surface area contributed by atoms with E-state index in [1.165, 1.54) is 19.3 Å². The maximum atomic E-state index is 11.5. The van der Waals surface area contributed by atoms with Crippen molar-refractivity contribution in [3.05, 3.63) is 23.8 Å². The molecule has 0 spiro atoms. The minimum atomic E-state index is -0.517. The molecule has 0 aromatic heterocycles. The van der Waals surface area contributed by atoms with Crippen LogP contribution in [0.1, 0.15) is 36.5 Å². The van der Waals surface area contributed by atoms with Gasteiger partial charge >= 0.3 is 0 Å². The zero-order valence-corrected chi connectivity index (χ0v) is 11.1. The van der Waals surface area contributed by atoms with Crippen LogP contribution in [0.5, 0.6) is 0 Å². The van der Waals surface area contributed by atoms with E-state index in [2.05, 4.69) is 17.1 Å².